The predicted octanol–water partition coefficient (Wildman–Crippen LogP) is 1.79. The molecule has 4 heteroatoms. The lowest BCUT2D eigenvalue weighted by Crippen LogP contribution is -2.50. The van der Waals surface area contributed by atoms with Crippen molar-refractivity contribution < 1.29 is 5.11 Å². The molecule has 0 amide bonds. The van der Waals surface area contributed by atoms with Crippen molar-refractivity contribution in [3.63, 3.8) is 0 Å². The van der Waals surface area contributed by atoms with Crippen LogP contribution in [0.15, 0.2) is 0 Å². The van der Waals surface area contributed by atoms with Gasteiger partial charge in [-0.3, -0.25) is 0 Å². The molecule has 0 aromatic heterocycles. The first kappa shape index (κ1) is 18.9. The first-order valence-electron chi connectivity index (χ1n) is 8.68. The van der Waals surface area contributed by atoms with Crippen molar-refractivity contribution in [2.24, 2.45) is 5.92 Å². The van der Waals surface area contributed by atoms with E-state index in [0.717, 1.165) is 25.3 Å². The van der Waals surface area contributed by atoms with Crippen LogP contribution < -0.4 is 5.32 Å². The van der Waals surface area contributed by atoms with Crippen molar-refractivity contribution in [3.8, 4) is 0 Å². The first-order chi connectivity index (χ1) is 9.84. The van der Waals surface area contributed by atoms with Crippen LogP contribution in [0.1, 0.15) is 47.5 Å². The highest BCUT2D eigenvalue weighted by molar-refractivity contribution is 4.84. The van der Waals surface area contributed by atoms with Gasteiger partial charge in [-0.15, -0.1) is 0 Å². The summed E-state index contributed by atoms with van der Waals surface area (Å²) in [6.45, 7) is 18.4. The van der Waals surface area contributed by atoms with E-state index in [9.17, 15) is 5.11 Å². The lowest BCUT2D eigenvalue weighted by molar-refractivity contribution is 0.111. The molecule has 1 atom stereocenters. The van der Waals surface area contributed by atoms with Crippen molar-refractivity contribution in [1.82, 2.24) is 15.1 Å². The van der Waals surface area contributed by atoms with Gasteiger partial charge in [0.1, 0.15) is 0 Å². The molecule has 1 unspecified atom stereocenters. The molecular weight excluding hydrogens is 262 g/mol. The molecule has 0 aromatic carbocycles. The summed E-state index contributed by atoms with van der Waals surface area (Å²) in [7, 11) is 0. The van der Waals surface area contributed by atoms with E-state index in [0.29, 0.717) is 6.04 Å². The van der Waals surface area contributed by atoms with Crippen LogP contribution in [0, 0.1) is 5.92 Å². The minimum Gasteiger partial charge on any atom is -0.394 e. The van der Waals surface area contributed by atoms with E-state index in [1.807, 2.05) is 0 Å². The van der Waals surface area contributed by atoms with Crippen LogP contribution in [-0.4, -0.2) is 72.4 Å². The van der Waals surface area contributed by atoms with E-state index in [-0.39, 0.29) is 12.1 Å². The van der Waals surface area contributed by atoms with E-state index in [1.165, 1.54) is 32.7 Å². The summed E-state index contributed by atoms with van der Waals surface area (Å²) >= 11 is 0. The quantitative estimate of drug-likeness (QED) is 0.681. The summed E-state index contributed by atoms with van der Waals surface area (Å²) in [5.74, 6) is 0.768. The van der Waals surface area contributed by atoms with E-state index in [4.69, 9.17) is 0 Å². The number of hydrogen-bond acceptors (Lipinski definition) is 4. The second-order valence-electron chi connectivity index (χ2n) is 7.66. The average Bonchev–Trinajstić information content (AvgIpc) is 2.39. The monoisotopic (exact) mass is 299 g/mol. The van der Waals surface area contributed by atoms with Crippen LogP contribution >= 0.6 is 0 Å². The fraction of sp³-hybridized carbons (Fsp3) is 1.00. The lowest BCUT2D eigenvalue weighted by Gasteiger charge is -2.36. The zero-order valence-electron chi connectivity index (χ0n) is 14.9. The second-order valence-corrected chi connectivity index (χ2v) is 7.66. The fourth-order valence-electron chi connectivity index (χ4n) is 3.30. The maximum Gasteiger partial charge on any atom is 0.0610 e. The lowest BCUT2D eigenvalue weighted by atomic mass is 9.95. The van der Waals surface area contributed by atoms with Gasteiger partial charge in [-0.1, -0.05) is 27.7 Å². The van der Waals surface area contributed by atoms with Crippen molar-refractivity contribution in [2.75, 3.05) is 45.9 Å². The maximum absolute atomic E-state index is 9.61. The van der Waals surface area contributed by atoms with Crippen LogP contribution in [0.5, 0.6) is 0 Å². The number of hydrogen-bond donors (Lipinski definition) is 2. The van der Waals surface area contributed by atoms with Crippen LogP contribution in [0.25, 0.3) is 0 Å². The summed E-state index contributed by atoms with van der Waals surface area (Å²) in [6, 6.07) is 0.418. The molecule has 0 bridgehead atoms. The fourth-order valence-corrected chi connectivity index (χ4v) is 3.30. The highest BCUT2D eigenvalue weighted by atomic mass is 16.3. The van der Waals surface area contributed by atoms with Gasteiger partial charge < -0.3 is 20.2 Å². The third-order valence-corrected chi connectivity index (χ3v) is 4.28. The molecule has 0 saturated carbocycles. The second kappa shape index (κ2) is 9.09. The number of rotatable bonds is 9. The number of nitrogens with zero attached hydrogens (tertiary/aromatic N) is 2. The van der Waals surface area contributed by atoms with Gasteiger partial charge in [-0.2, -0.15) is 0 Å². The Morgan fingerprint density at radius 2 is 1.62 bits per heavy atom. The number of nitrogens with one attached hydrogen (secondary N) is 1. The Morgan fingerprint density at radius 1 is 1.05 bits per heavy atom. The van der Waals surface area contributed by atoms with Crippen LogP contribution in [0.3, 0.4) is 0 Å². The Kier molecular flexibility index (Phi) is 8.17. The molecule has 0 aliphatic carbocycles. The number of piperazine rings is 1. The minimum absolute atomic E-state index is 0.131. The van der Waals surface area contributed by atoms with Crippen LogP contribution in [-0.2, 0) is 0 Å². The molecule has 1 aliphatic heterocycles. The van der Waals surface area contributed by atoms with Gasteiger partial charge >= 0.3 is 0 Å². The molecule has 1 fully saturated rings. The zero-order chi connectivity index (χ0) is 15.9. The Hall–Kier alpha value is -0.160. The van der Waals surface area contributed by atoms with Gasteiger partial charge in [-0.25, -0.2) is 0 Å². The van der Waals surface area contributed by atoms with Crippen LogP contribution in [0.4, 0.5) is 0 Å². The summed E-state index contributed by atoms with van der Waals surface area (Å²) < 4.78 is 0. The largest absolute Gasteiger partial charge is 0.394 e. The molecule has 1 rings (SSSR count). The highest BCUT2D eigenvalue weighted by Gasteiger charge is 2.24. The standard InChI is InChI=1S/C17H37N3O/c1-15(2)13-20-11-9-19(10-12-20)8-6-7-17(5,14-21)18-16(3)4/h15-16,18,21H,6-14H2,1-5H3. The molecule has 0 radical (unpaired) electrons. The summed E-state index contributed by atoms with van der Waals surface area (Å²) in [6.07, 6.45) is 2.19. The third-order valence-electron chi connectivity index (χ3n) is 4.28. The van der Waals surface area contributed by atoms with Gasteiger partial charge in [0, 0.05) is 44.3 Å². The smallest absolute Gasteiger partial charge is 0.0610 e. The van der Waals surface area contributed by atoms with Gasteiger partial charge in [0.2, 0.25) is 0 Å². The molecule has 0 spiro atoms. The van der Waals surface area contributed by atoms with Crippen molar-refractivity contribution in [3.05, 3.63) is 0 Å². The summed E-state index contributed by atoms with van der Waals surface area (Å²) in [5.41, 5.74) is -0.131. The average molecular weight is 300 g/mol. The minimum atomic E-state index is -0.131. The number of aliphatic hydroxyl groups is 1. The van der Waals surface area contributed by atoms with Crippen molar-refractivity contribution in [1.29, 1.82) is 0 Å². The topological polar surface area (TPSA) is 38.7 Å². The third kappa shape index (κ3) is 7.59. The van der Waals surface area contributed by atoms with Gasteiger partial charge in [0.05, 0.1) is 6.61 Å². The Bertz CT molecular complexity index is 275. The van der Waals surface area contributed by atoms with E-state index in [1.54, 1.807) is 0 Å². The number of aliphatic hydroxyl groups excluding tert-OH is 1. The molecule has 21 heavy (non-hydrogen) atoms. The van der Waals surface area contributed by atoms with E-state index in [2.05, 4.69) is 49.7 Å². The van der Waals surface area contributed by atoms with Crippen molar-refractivity contribution in [2.45, 2.75) is 59.0 Å². The summed E-state index contributed by atoms with van der Waals surface area (Å²) in [4.78, 5) is 5.16. The molecule has 4 nitrogen and oxygen atoms in total. The Balaban J connectivity index is 2.21. The molecule has 1 saturated heterocycles. The first-order valence-corrected chi connectivity index (χ1v) is 8.68. The van der Waals surface area contributed by atoms with E-state index < -0.39 is 0 Å². The van der Waals surface area contributed by atoms with Gasteiger partial charge in [0.15, 0.2) is 0 Å². The maximum atomic E-state index is 9.61. The molecule has 1 heterocycles. The molecule has 2 N–H and O–H groups in total. The van der Waals surface area contributed by atoms with Gasteiger partial charge in [0.25, 0.3) is 0 Å². The Morgan fingerprint density at radius 3 is 2.10 bits per heavy atom. The van der Waals surface area contributed by atoms with Crippen LogP contribution in [0.2, 0.25) is 0 Å². The van der Waals surface area contributed by atoms with E-state index >= 15 is 0 Å². The molecule has 1 aliphatic rings. The predicted molar refractivity (Wildman–Crippen MR) is 90.7 cm³/mol. The SMILES string of the molecule is CC(C)CN1CCN(CCCC(C)(CO)NC(C)C)CC1. The molecule has 126 valence electrons. The molecular formula is C17H37N3O. The molecule has 0 aromatic rings. The normalized spacial score (nSPS) is 21.1. The zero-order valence-corrected chi connectivity index (χ0v) is 14.9. The Labute approximate surface area is 131 Å². The van der Waals surface area contributed by atoms with Crippen molar-refractivity contribution >= 4 is 0 Å². The van der Waals surface area contributed by atoms with Gasteiger partial charge in [-0.05, 0) is 32.2 Å². The summed E-state index contributed by atoms with van der Waals surface area (Å²) in [5, 5.41) is 13.1. The highest BCUT2D eigenvalue weighted by Crippen LogP contribution is 2.14.